The number of phenols is 2. The molecule has 0 amide bonds. The topological polar surface area (TPSA) is 68.1 Å². The van der Waals surface area contributed by atoms with Gasteiger partial charge in [-0.2, -0.15) is 0 Å². The average Bonchev–Trinajstić information content (AvgIpc) is 1.98. The minimum atomic E-state index is -0.0715. The summed E-state index contributed by atoms with van der Waals surface area (Å²) < 4.78 is 0. The third kappa shape index (κ3) is 1.85. The van der Waals surface area contributed by atoms with Crippen LogP contribution in [0.4, 0.5) is 0 Å². The molecule has 0 heterocycles. The molecule has 5 N–H and O–H groups in total. The van der Waals surface area contributed by atoms with Gasteiger partial charge in [0.15, 0.2) is 11.5 Å². The fourth-order valence-corrected chi connectivity index (χ4v) is 0.929. The Kier molecular flexibility index (Phi) is 2.33. The van der Waals surface area contributed by atoms with E-state index in [9.17, 15) is 0 Å². The molecule has 0 aromatic heterocycles. The quantitative estimate of drug-likeness (QED) is 0.520. The van der Waals surface area contributed by atoms with Crippen molar-refractivity contribution in [1.29, 1.82) is 0 Å². The van der Waals surface area contributed by atoms with Gasteiger partial charge in [0.1, 0.15) is 0 Å². The van der Waals surface area contributed by atoms with Gasteiger partial charge in [-0.3, -0.25) is 0 Å². The van der Waals surface area contributed by atoms with Gasteiger partial charge in [-0.25, -0.2) is 0 Å². The van der Waals surface area contributed by atoms with Gasteiger partial charge in [-0.1, -0.05) is 6.07 Å². The van der Waals surface area contributed by atoms with Crippen LogP contribution >= 0.6 is 0 Å². The smallest absolute Gasteiger partial charge is 0.157 e. The largest absolute Gasteiger partial charge is 0.504 e. The maximum Gasteiger partial charge on any atom is 0.157 e. The molecule has 1 rings (SSSR count). The fraction of sp³-hybridized carbons (Fsp3) is 0.250. The lowest BCUT2D eigenvalue weighted by molar-refractivity contribution is -0.366. The second kappa shape index (κ2) is 3.25. The van der Waals surface area contributed by atoms with Crippen LogP contribution in [0.15, 0.2) is 18.2 Å². The van der Waals surface area contributed by atoms with Gasteiger partial charge < -0.3 is 15.9 Å². The Morgan fingerprint density at radius 3 is 2.45 bits per heavy atom. The van der Waals surface area contributed by atoms with Crippen molar-refractivity contribution in [1.82, 2.24) is 0 Å². The summed E-state index contributed by atoms with van der Waals surface area (Å²) in [5.41, 5.74) is 4.68. The number of benzene rings is 1. The molecule has 0 spiro atoms. The van der Waals surface area contributed by atoms with Gasteiger partial charge in [-0.15, -0.1) is 0 Å². The molecule has 1 aromatic rings. The van der Waals surface area contributed by atoms with Crippen LogP contribution in [0, 0.1) is 0 Å². The molecule has 0 aliphatic carbocycles. The molecule has 0 saturated heterocycles. The highest BCUT2D eigenvalue weighted by Gasteiger charge is 1.99. The summed E-state index contributed by atoms with van der Waals surface area (Å²) in [6.45, 7) is 0.796. The summed E-state index contributed by atoms with van der Waals surface area (Å²) in [4.78, 5) is 0. The van der Waals surface area contributed by atoms with Crippen LogP contribution in [0.3, 0.4) is 0 Å². The van der Waals surface area contributed by atoms with Gasteiger partial charge in [-0.05, 0) is 17.7 Å². The zero-order valence-electron chi connectivity index (χ0n) is 6.25. The van der Waals surface area contributed by atoms with E-state index in [1.54, 1.807) is 12.1 Å². The van der Waals surface area contributed by atoms with Crippen molar-refractivity contribution in [3.63, 3.8) is 0 Å². The molecule has 3 nitrogen and oxygen atoms in total. The van der Waals surface area contributed by atoms with Crippen molar-refractivity contribution in [2.45, 2.75) is 6.42 Å². The lowest BCUT2D eigenvalue weighted by Gasteiger charge is -1.99. The second-order valence-electron chi connectivity index (χ2n) is 2.43. The van der Waals surface area contributed by atoms with E-state index in [2.05, 4.69) is 5.73 Å². The minimum Gasteiger partial charge on any atom is -0.504 e. The Labute approximate surface area is 65.1 Å². The zero-order valence-corrected chi connectivity index (χ0v) is 6.25. The molecular formula is C8H12NO2+. The third-order valence-corrected chi connectivity index (χ3v) is 1.51. The molecular weight excluding hydrogens is 142 g/mol. The normalized spacial score (nSPS) is 9.91. The number of hydrogen-bond acceptors (Lipinski definition) is 2. The van der Waals surface area contributed by atoms with E-state index in [-0.39, 0.29) is 11.5 Å². The molecule has 0 bridgehead atoms. The number of quaternary nitrogens is 1. The molecule has 0 aliphatic heterocycles. The van der Waals surface area contributed by atoms with Crippen LogP contribution in [-0.4, -0.2) is 16.8 Å². The van der Waals surface area contributed by atoms with Crippen molar-refractivity contribution in [3.05, 3.63) is 23.8 Å². The fourth-order valence-electron chi connectivity index (χ4n) is 0.929. The molecule has 0 fully saturated rings. The molecule has 0 aliphatic rings. The highest BCUT2D eigenvalue weighted by atomic mass is 16.3. The summed E-state index contributed by atoms with van der Waals surface area (Å²) in [7, 11) is 0. The van der Waals surface area contributed by atoms with Crippen LogP contribution in [0.1, 0.15) is 5.56 Å². The Bertz CT molecular complexity index is 248. The predicted molar refractivity (Wildman–Crippen MR) is 41.2 cm³/mol. The Morgan fingerprint density at radius 2 is 1.91 bits per heavy atom. The molecule has 11 heavy (non-hydrogen) atoms. The first kappa shape index (κ1) is 7.88. The standard InChI is InChI=1S/C8H11NO2/c9-4-3-6-1-2-7(10)8(11)5-6/h1-2,5,10-11H,3-4,9H2/p+1. The highest BCUT2D eigenvalue weighted by molar-refractivity contribution is 5.40. The van der Waals surface area contributed by atoms with Crippen LogP contribution < -0.4 is 5.73 Å². The summed E-state index contributed by atoms with van der Waals surface area (Å²) in [6.07, 6.45) is 0.827. The van der Waals surface area contributed by atoms with Gasteiger partial charge >= 0.3 is 0 Å². The van der Waals surface area contributed by atoms with Crippen LogP contribution in [0.25, 0.3) is 0 Å². The molecule has 0 atom stereocenters. The summed E-state index contributed by atoms with van der Waals surface area (Å²) in [6, 6.07) is 4.82. The monoisotopic (exact) mass is 154 g/mol. The summed E-state index contributed by atoms with van der Waals surface area (Å²) in [5.74, 6) is -0.131. The Morgan fingerprint density at radius 1 is 1.18 bits per heavy atom. The minimum absolute atomic E-state index is 0.0593. The first-order valence-electron chi connectivity index (χ1n) is 3.54. The van der Waals surface area contributed by atoms with E-state index in [4.69, 9.17) is 10.2 Å². The van der Waals surface area contributed by atoms with E-state index in [1.807, 2.05) is 0 Å². The van der Waals surface area contributed by atoms with E-state index in [0.29, 0.717) is 0 Å². The maximum atomic E-state index is 9.06. The Balaban J connectivity index is 2.86. The molecule has 0 unspecified atom stereocenters. The summed E-state index contributed by atoms with van der Waals surface area (Å²) in [5, 5.41) is 18.0. The molecule has 1 aromatic carbocycles. The van der Waals surface area contributed by atoms with Crippen LogP contribution in [0.2, 0.25) is 0 Å². The lowest BCUT2D eigenvalue weighted by atomic mass is 10.1. The molecule has 3 heteroatoms. The van der Waals surface area contributed by atoms with Crippen molar-refractivity contribution in [2.75, 3.05) is 6.54 Å². The number of rotatable bonds is 2. The summed E-state index contributed by atoms with van der Waals surface area (Å²) >= 11 is 0. The van der Waals surface area contributed by atoms with Crippen molar-refractivity contribution in [3.8, 4) is 11.5 Å². The van der Waals surface area contributed by atoms with E-state index >= 15 is 0 Å². The van der Waals surface area contributed by atoms with Crippen molar-refractivity contribution < 1.29 is 15.9 Å². The van der Waals surface area contributed by atoms with Crippen LogP contribution in [-0.2, 0) is 6.42 Å². The van der Waals surface area contributed by atoms with E-state index in [1.165, 1.54) is 6.07 Å². The van der Waals surface area contributed by atoms with E-state index < -0.39 is 0 Å². The second-order valence-corrected chi connectivity index (χ2v) is 2.43. The van der Waals surface area contributed by atoms with Crippen LogP contribution in [0.5, 0.6) is 11.5 Å². The van der Waals surface area contributed by atoms with Crippen molar-refractivity contribution in [2.24, 2.45) is 0 Å². The average molecular weight is 154 g/mol. The van der Waals surface area contributed by atoms with Gasteiger partial charge in [0.2, 0.25) is 0 Å². The number of phenolic OH excluding ortho intramolecular Hbond substituents is 2. The predicted octanol–water partition coefficient (Wildman–Crippen LogP) is -0.118. The molecule has 0 radical (unpaired) electrons. The SMILES string of the molecule is [NH3+]CCc1ccc(O)c(O)c1. The first-order valence-corrected chi connectivity index (χ1v) is 3.54. The Hall–Kier alpha value is -1.22. The van der Waals surface area contributed by atoms with Gasteiger partial charge in [0.05, 0.1) is 6.54 Å². The van der Waals surface area contributed by atoms with Gasteiger partial charge in [0, 0.05) is 6.42 Å². The lowest BCUT2D eigenvalue weighted by Crippen LogP contribution is -2.51. The highest BCUT2D eigenvalue weighted by Crippen LogP contribution is 2.24. The zero-order chi connectivity index (χ0) is 8.27. The molecule has 60 valence electrons. The van der Waals surface area contributed by atoms with E-state index in [0.717, 1.165) is 18.5 Å². The third-order valence-electron chi connectivity index (χ3n) is 1.51. The van der Waals surface area contributed by atoms with Gasteiger partial charge in [0.25, 0.3) is 0 Å². The number of aromatic hydroxyl groups is 2. The number of hydrogen-bond donors (Lipinski definition) is 3. The first-order chi connectivity index (χ1) is 5.24. The van der Waals surface area contributed by atoms with Crippen molar-refractivity contribution >= 4 is 0 Å². The maximum absolute atomic E-state index is 9.06. The molecule has 0 saturated carbocycles.